The number of nitrogens with two attached hydrogens (primary N) is 1. The Bertz CT molecular complexity index is 1770. The number of hydrogen-bond donors (Lipinski definition) is 8. The maximum absolute atomic E-state index is 13.4. The number of unbranched alkanes of at least 4 members (excludes halogenated alkanes) is 3. The van der Waals surface area contributed by atoms with Crippen molar-refractivity contribution in [3.8, 4) is 11.5 Å². The molecule has 336 valence electrons. The Morgan fingerprint density at radius 3 is 2.07 bits per heavy atom. The molecule has 0 aliphatic heterocycles. The van der Waals surface area contributed by atoms with Crippen molar-refractivity contribution in [3.05, 3.63) is 59.7 Å². The van der Waals surface area contributed by atoms with Crippen molar-refractivity contribution in [2.24, 2.45) is 5.73 Å². The van der Waals surface area contributed by atoms with E-state index in [0.717, 1.165) is 23.0 Å². The van der Waals surface area contributed by atoms with Crippen molar-refractivity contribution in [1.29, 1.82) is 0 Å². The summed E-state index contributed by atoms with van der Waals surface area (Å²) in [6.45, 7) is 3.80. The highest BCUT2D eigenvalue weighted by molar-refractivity contribution is 5.94. The predicted octanol–water partition coefficient (Wildman–Crippen LogP) is 0.740. The molecule has 4 atom stereocenters. The third-order valence-corrected chi connectivity index (χ3v) is 9.47. The van der Waals surface area contributed by atoms with Gasteiger partial charge in [-0.2, -0.15) is 0 Å². The lowest BCUT2D eigenvalue weighted by Gasteiger charge is -2.24. The topological polar surface area (TPSA) is 264 Å². The molecule has 18 nitrogen and oxygen atoms in total. The van der Waals surface area contributed by atoms with E-state index < -0.39 is 59.6 Å². The van der Waals surface area contributed by atoms with Gasteiger partial charge in [-0.05, 0) is 76.0 Å². The number of nitrogens with zero attached hydrogens (tertiary/aromatic N) is 1. The molecular formula is C43H65N8O10+. The number of ether oxygens (including phenoxy) is 1. The number of carbonyl (C=O) groups excluding carboxylic acids is 8. The van der Waals surface area contributed by atoms with Crippen LogP contribution in [0, 0.1) is 0 Å². The maximum atomic E-state index is 13.4. The highest BCUT2D eigenvalue weighted by atomic mass is 16.5. The molecule has 0 spiro atoms. The number of aldehydes is 1. The van der Waals surface area contributed by atoms with Gasteiger partial charge >= 0.3 is 0 Å². The van der Waals surface area contributed by atoms with Gasteiger partial charge in [0.2, 0.25) is 41.4 Å². The number of nitrogens with one attached hydrogen (secondary N) is 6. The molecule has 0 radical (unpaired) electrons. The van der Waals surface area contributed by atoms with Crippen LogP contribution in [0.5, 0.6) is 11.5 Å². The molecule has 0 fully saturated rings. The molecule has 18 heteroatoms. The first-order valence-electron chi connectivity index (χ1n) is 20.6. The Hall–Kier alpha value is -6.04. The molecule has 0 aliphatic rings. The van der Waals surface area contributed by atoms with Gasteiger partial charge in [-0.1, -0.05) is 30.3 Å². The second-order valence-electron chi connectivity index (χ2n) is 16.0. The number of aromatic hydroxyl groups is 1. The highest BCUT2D eigenvalue weighted by Gasteiger charge is 2.28. The molecule has 4 unspecified atom stereocenters. The van der Waals surface area contributed by atoms with E-state index in [4.69, 9.17) is 10.5 Å². The van der Waals surface area contributed by atoms with Crippen LogP contribution >= 0.6 is 0 Å². The molecule has 0 aliphatic carbocycles. The summed E-state index contributed by atoms with van der Waals surface area (Å²) in [7, 11) is 6.20. The Labute approximate surface area is 358 Å². The second kappa shape index (κ2) is 26.9. The summed E-state index contributed by atoms with van der Waals surface area (Å²) in [6.07, 6.45) is 4.67. The van der Waals surface area contributed by atoms with Crippen molar-refractivity contribution < 1.29 is 52.7 Å². The zero-order valence-corrected chi connectivity index (χ0v) is 36.1. The van der Waals surface area contributed by atoms with Crippen LogP contribution in [0.1, 0.15) is 87.6 Å². The van der Waals surface area contributed by atoms with Crippen LogP contribution in [-0.4, -0.2) is 129 Å². The van der Waals surface area contributed by atoms with Gasteiger partial charge in [0.25, 0.3) is 0 Å². The molecule has 0 saturated heterocycles. The van der Waals surface area contributed by atoms with Crippen molar-refractivity contribution in [2.45, 2.75) is 102 Å². The molecule has 2 rings (SSSR count). The van der Waals surface area contributed by atoms with Gasteiger partial charge in [0.15, 0.2) is 6.29 Å². The predicted molar refractivity (Wildman–Crippen MR) is 228 cm³/mol. The van der Waals surface area contributed by atoms with E-state index in [1.807, 2.05) is 6.07 Å². The van der Waals surface area contributed by atoms with Gasteiger partial charge in [-0.25, -0.2) is 0 Å². The molecule has 0 aromatic heterocycles. The largest absolute Gasteiger partial charge is 0.507 e. The van der Waals surface area contributed by atoms with Crippen LogP contribution in [0.25, 0.3) is 0 Å². The number of carbonyl (C=O) groups is 8. The smallest absolute Gasteiger partial charge is 0.243 e. The molecule has 7 amide bonds. The lowest BCUT2D eigenvalue weighted by Crippen LogP contribution is -2.56. The summed E-state index contributed by atoms with van der Waals surface area (Å²) in [6, 6.07) is 9.46. The fourth-order valence-corrected chi connectivity index (χ4v) is 6.10. The fraction of sp³-hybridized carbons (Fsp3) is 0.535. The summed E-state index contributed by atoms with van der Waals surface area (Å²) in [5, 5.41) is 25.7. The minimum absolute atomic E-state index is 0.120. The van der Waals surface area contributed by atoms with Crippen molar-refractivity contribution in [2.75, 3.05) is 47.4 Å². The molecule has 0 bridgehead atoms. The summed E-state index contributed by atoms with van der Waals surface area (Å²) >= 11 is 0. The Balaban J connectivity index is 1.84. The SMILES string of the molecule is CC(=O)NC(C)C(=O)NC(Cc1ccccc1)C(=O)NC(CCCCNC(=O)CNC(=O)C(CCCC[N+](C)(C)C)NC(=O)CCCCOc1ccc(C=O)c(O)c1)C(N)=O. The Kier molecular flexibility index (Phi) is 22.6. The minimum Gasteiger partial charge on any atom is -0.507 e. The monoisotopic (exact) mass is 853 g/mol. The zero-order valence-electron chi connectivity index (χ0n) is 36.1. The van der Waals surface area contributed by atoms with E-state index in [2.05, 4.69) is 53.0 Å². The number of primary amides is 1. The van der Waals surface area contributed by atoms with E-state index in [0.29, 0.717) is 50.6 Å². The molecule has 9 N–H and O–H groups in total. The molecule has 2 aromatic rings. The fourth-order valence-electron chi connectivity index (χ4n) is 6.10. The molecule has 61 heavy (non-hydrogen) atoms. The van der Waals surface area contributed by atoms with E-state index in [1.54, 1.807) is 30.3 Å². The molecular weight excluding hydrogens is 789 g/mol. The number of quaternary nitrogens is 1. The first-order chi connectivity index (χ1) is 28.9. The number of hydrogen-bond acceptors (Lipinski definition) is 10. The molecule has 2 aromatic carbocycles. The van der Waals surface area contributed by atoms with Crippen LogP contribution in [0.15, 0.2) is 48.5 Å². The van der Waals surface area contributed by atoms with Gasteiger partial charge in [-0.3, -0.25) is 38.4 Å². The van der Waals surface area contributed by atoms with Crippen LogP contribution in [-0.2, 0) is 40.0 Å². The number of benzene rings is 2. The van der Waals surface area contributed by atoms with E-state index >= 15 is 0 Å². The van der Waals surface area contributed by atoms with Crippen LogP contribution in [0.4, 0.5) is 0 Å². The third-order valence-electron chi connectivity index (χ3n) is 9.47. The first kappa shape index (κ1) is 51.1. The number of rotatable bonds is 29. The van der Waals surface area contributed by atoms with Crippen LogP contribution in [0.2, 0.25) is 0 Å². The second-order valence-corrected chi connectivity index (χ2v) is 16.0. The van der Waals surface area contributed by atoms with Crippen molar-refractivity contribution >= 4 is 47.6 Å². The van der Waals surface area contributed by atoms with E-state index in [9.17, 15) is 43.5 Å². The molecule has 0 saturated carbocycles. The quantitative estimate of drug-likeness (QED) is 0.0323. The van der Waals surface area contributed by atoms with E-state index in [-0.39, 0.29) is 56.2 Å². The zero-order chi connectivity index (χ0) is 45.4. The van der Waals surface area contributed by atoms with Gasteiger partial charge in [0.1, 0.15) is 35.7 Å². The lowest BCUT2D eigenvalue weighted by atomic mass is 10.0. The normalized spacial score (nSPS) is 13.0. The van der Waals surface area contributed by atoms with Crippen LogP contribution < -0.4 is 42.4 Å². The minimum atomic E-state index is -1.07. The van der Waals surface area contributed by atoms with Gasteiger partial charge in [-0.15, -0.1) is 0 Å². The summed E-state index contributed by atoms with van der Waals surface area (Å²) < 4.78 is 6.34. The van der Waals surface area contributed by atoms with Crippen LogP contribution in [0.3, 0.4) is 0 Å². The Morgan fingerprint density at radius 2 is 1.43 bits per heavy atom. The first-order valence-corrected chi connectivity index (χ1v) is 20.6. The van der Waals surface area contributed by atoms with Crippen molar-refractivity contribution in [1.82, 2.24) is 31.9 Å². The number of phenols is 1. The summed E-state index contributed by atoms with van der Waals surface area (Å²) in [5.41, 5.74) is 6.52. The van der Waals surface area contributed by atoms with E-state index in [1.165, 1.54) is 26.0 Å². The Morgan fingerprint density at radius 1 is 0.754 bits per heavy atom. The number of amides is 7. The lowest BCUT2D eigenvalue weighted by molar-refractivity contribution is -0.870. The highest BCUT2D eigenvalue weighted by Crippen LogP contribution is 2.22. The summed E-state index contributed by atoms with van der Waals surface area (Å²) in [5.74, 6) is -3.44. The summed E-state index contributed by atoms with van der Waals surface area (Å²) in [4.78, 5) is 99.4. The average Bonchev–Trinajstić information content (AvgIpc) is 3.19. The van der Waals surface area contributed by atoms with Gasteiger partial charge in [0.05, 0.1) is 46.4 Å². The van der Waals surface area contributed by atoms with Gasteiger partial charge < -0.3 is 52.0 Å². The third kappa shape index (κ3) is 21.7. The average molecular weight is 854 g/mol. The molecule has 0 heterocycles. The van der Waals surface area contributed by atoms with Gasteiger partial charge in [0, 0.05) is 32.4 Å². The van der Waals surface area contributed by atoms with Crippen molar-refractivity contribution in [3.63, 3.8) is 0 Å². The standard InChI is InChI=1S/C43H64N8O10/c1-29(47-30(2)53)41(58)50-36(25-31-15-7-6-8-16-31)43(60)49-34(40(44)57)17-9-12-22-45-39(56)27-46-42(59)35(18-10-13-23-51(3,4)5)48-38(55)19-11-14-24-61-33-21-20-32(28-52)37(54)26-33/h6-8,15-16,20-21,26,28-29,34-36H,9-14,17-19,22-25,27H2,1-5H3,(H8-,44,45,46,47,48,49,50,52,53,54,55,56,57,58,59,60)/p+1. The maximum Gasteiger partial charge on any atom is 0.243 e. The number of phenolic OH excluding ortho intramolecular Hbond substituents is 1.